The summed E-state index contributed by atoms with van der Waals surface area (Å²) in [6.07, 6.45) is 1.65. The van der Waals surface area contributed by atoms with E-state index in [0.29, 0.717) is 21.9 Å². The Balaban J connectivity index is 2.33. The summed E-state index contributed by atoms with van der Waals surface area (Å²) >= 11 is 6.19. The quantitative estimate of drug-likeness (QED) is 0.511. The molecule has 2 aromatic carbocycles. The van der Waals surface area contributed by atoms with Crippen molar-refractivity contribution in [2.45, 2.75) is 26.3 Å². The van der Waals surface area contributed by atoms with Crippen molar-refractivity contribution in [2.24, 2.45) is 5.92 Å². The van der Waals surface area contributed by atoms with Crippen LogP contribution in [0.4, 0.5) is 0 Å². The maximum absolute atomic E-state index is 12.9. The Hall–Kier alpha value is -3.32. The topological polar surface area (TPSA) is 105 Å². The maximum Gasteiger partial charge on any atom is 0.326 e. The molecule has 0 radical (unpaired) electrons. The van der Waals surface area contributed by atoms with Crippen LogP contribution in [-0.2, 0) is 9.59 Å². The molecule has 2 aromatic rings. The van der Waals surface area contributed by atoms with Gasteiger partial charge in [-0.1, -0.05) is 43.6 Å². The smallest absolute Gasteiger partial charge is 0.326 e. The van der Waals surface area contributed by atoms with E-state index >= 15 is 0 Å². The van der Waals surface area contributed by atoms with Gasteiger partial charge in [-0.15, -0.1) is 0 Å². The number of halogens is 1. The number of aliphatic carboxylic acids is 1. The monoisotopic (exact) mass is 444 g/mol. The molecule has 0 aliphatic heterocycles. The maximum atomic E-state index is 12.9. The highest BCUT2D eigenvalue weighted by Gasteiger charge is 2.24. The Labute approximate surface area is 186 Å². The number of nitrogens with one attached hydrogen (secondary N) is 2. The van der Waals surface area contributed by atoms with Crippen molar-refractivity contribution in [1.29, 1.82) is 0 Å². The number of ether oxygens (including phenoxy) is 1. The zero-order chi connectivity index (χ0) is 23.0. The number of rotatable bonds is 9. The van der Waals surface area contributed by atoms with Gasteiger partial charge in [-0.2, -0.15) is 0 Å². The fourth-order valence-electron chi connectivity index (χ4n) is 2.77. The van der Waals surface area contributed by atoms with Gasteiger partial charge in [0.2, 0.25) is 0 Å². The van der Waals surface area contributed by atoms with Crippen LogP contribution in [0.3, 0.4) is 0 Å². The lowest BCUT2D eigenvalue weighted by atomic mass is 10.0. The van der Waals surface area contributed by atoms with Crippen molar-refractivity contribution in [3.05, 3.63) is 70.4 Å². The summed E-state index contributed by atoms with van der Waals surface area (Å²) in [6.45, 7) is 3.71. The number of methoxy groups -OCH3 is 1. The number of carboxylic acids is 1. The van der Waals surface area contributed by atoms with Crippen LogP contribution in [-0.4, -0.2) is 36.0 Å². The molecule has 31 heavy (non-hydrogen) atoms. The number of carbonyl (C=O) groups excluding carboxylic acids is 2. The zero-order valence-electron chi connectivity index (χ0n) is 17.5. The second-order valence-electron chi connectivity index (χ2n) is 7.26. The molecule has 0 saturated carbocycles. The molecule has 2 amide bonds. The lowest BCUT2D eigenvalue weighted by Gasteiger charge is -2.18. The van der Waals surface area contributed by atoms with Gasteiger partial charge in [-0.05, 0) is 54.3 Å². The summed E-state index contributed by atoms with van der Waals surface area (Å²) < 4.78 is 5.08. The van der Waals surface area contributed by atoms with Gasteiger partial charge >= 0.3 is 5.97 Å². The minimum absolute atomic E-state index is 0.0475. The van der Waals surface area contributed by atoms with E-state index in [-0.39, 0.29) is 18.0 Å². The molecule has 0 bridgehead atoms. The summed E-state index contributed by atoms with van der Waals surface area (Å²) in [5.41, 5.74) is 0.680. The van der Waals surface area contributed by atoms with Crippen LogP contribution in [0.1, 0.15) is 36.2 Å². The van der Waals surface area contributed by atoms with Gasteiger partial charge < -0.3 is 20.5 Å². The molecule has 0 aliphatic carbocycles. The van der Waals surface area contributed by atoms with Crippen LogP contribution in [0.2, 0.25) is 5.02 Å². The van der Waals surface area contributed by atoms with Crippen molar-refractivity contribution in [3.63, 3.8) is 0 Å². The van der Waals surface area contributed by atoms with Crippen LogP contribution in [0.15, 0.2) is 54.2 Å². The Morgan fingerprint density at radius 2 is 1.74 bits per heavy atom. The normalized spacial score (nSPS) is 12.2. The molecular weight excluding hydrogens is 420 g/mol. The van der Waals surface area contributed by atoms with Crippen LogP contribution in [0, 0.1) is 5.92 Å². The Kier molecular flexibility index (Phi) is 8.63. The third-order valence-corrected chi connectivity index (χ3v) is 4.70. The molecule has 7 nitrogen and oxygen atoms in total. The van der Waals surface area contributed by atoms with Crippen molar-refractivity contribution in [2.75, 3.05) is 7.11 Å². The van der Waals surface area contributed by atoms with E-state index in [4.69, 9.17) is 16.3 Å². The molecule has 2 rings (SSSR count). The van der Waals surface area contributed by atoms with Gasteiger partial charge in [0, 0.05) is 10.6 Å². The number of benzene rings is 2. The molecule has 164 valence electrons. The van der Waals surface area contributed by atoms with E-state index < -0.39 is 23.8 Å². The second-order valence-corrected chi connectivity index (χ2v) is 7.66. The summed E-state index contributed by atoms with van der Waals surface area (Å²) in [4.78, 5) is 37.2. The summed E-state index contributed by atoms with van der Waals surface area (Å²) in [6, 6.07) is 12.0. The number of hydrogen-bond acceptors (Lipinski definition) is 4. The van der Waals surface area contributed by atoms with E-state index in [1.807, 2.05) is 13.8 Å². The minimum Gasteiger partial charge on any atom is -0.497 e. The molecule has 0 aliphatic rings. The fraction of sp³-hybridized carbons (Fsp3) is 0.261. The average Bonchev–Trinajstić information content (AvgIpc) is 2.73. The van der Waals surface area contributed by atoms with Crippen LogP contribution in [0.25, 0.3) is 6.08 Å². The van der Waals surface area contributed by atoms with Gasteiger partial charge in [0.25, 0.3) is 11.8 Å². The van der Waals surface area contributed by atoms with Gasteiger partial charge in [-0.25, -0.2) is 4.79 Å². The van der Waals surface area contributed by atoms with Crippen molar-refractivity contribution in [3.8, 4) is 5.75 Å². The SMILES string of the molecule is COc1ccc(C(=O)NC(=Cc2ccccc2Cl)C(=O)NC(CC(C)C)C(=O)O)cc1. The van der Waals surface area contributed by atoms with Gasteiger partial charge in [0.15, 0.2) is 0 Å². The highest BCUT2D eigenvalue weighted by atomic mass is 35.5. The third-order valence-electron chi connectivity index (χ3n) is 4.36. The van der Waals surface area contributed by atoms with Crippen LogP contribution >= 0.6 is 11.6 Å². The van der Waals surface area contributed by atoms with Crippen molar-refractivity contribution in [1.82, 2.24) is 10.6 Å². The lowest BCUT2D eigenvalue weighted by molar-refractivity contribution is -0.141. The highest BCUT2D eigenvalue weighted by molar-refractivity contribution is 6.32. The molecule has 1 atom stereocenters. The van der Waals surface area contributed by atoms with Gasteiger partial charge in [-0.3, -0.25) is 9.59 Å². The fourth-order valence-corrected chi connectivity index (χ4v) is 2.96. The second kappa shape index (κ2) is 11.2. The van der Waals surface area contributed by atoms with E-state index in [9.17, 15) is 19.5 Å². The van der Waals surface area contributed by atoms with Crippen LogP contribution < -0.4 is 15.4 Å². The zero-order valence-corrected chi connectivity index (χ0v) is 18.3. The standard InChI is InChI=1S/C23H25ClN2O5/c1-14(2)12-20(23(29)30)26-22(28)19(13-16-6-4-5-7-18(16)24)25-21(27)15-8-10-17(31-3)11-9-15/h4-11,13-14,20H,12H2,1-3H3,(H,25,27)(H,26,28)(H,29,30). The third kappa shape index (κ3) is 7.15. The van der Waals surface area contributed by atoms with E-state index in [0.717, 1.165) is 0 Å². The molecule has 0 heterocycles. The Morgan fingerprint density at radius 1 is 1.10 bits per heavy atom. The minimum atomic E-state index is -1.15. The lowest BCUT2D eigenvalue weighted by Crippen LogP contribution is -2.45. The summed E-state index contributed by atoms with van der Waals surface area (Å²) in [7, 11) is 1.51. The van der Waals surface area contributed by atoms with Crippen molar-refractivity contribution < 1.29 is 24.2 Å². The number of amides is 2. The molecule has 8 heteroatoms. The van der Waals surface area contributed by atoms with Crippen molar-refractivity contribution >= 4 is 35.5 Å². The summed E-state index contributed by atoms with van der Waals surface area (Å²) in [5.74, 6) is -1.78. The van der Waals surface area contributed by atoms with Gasteiger partial charge in [0.1, 0.15) is 17.5 Å². The van der Waals surface area contributed by atoms with Crippen LogP contribution in [0.5, 0.6) is 5.75 Å². The Bertz CT molecular complexity index is 970. The highest BCUT2D eigenvalue weighted by Crippen LogP contribution is 2.18. The predicted octanol–water partition coefficient (Wildman–Crippen LogP) is 3.74. The average molecular weight is 445 g/mol. The number of carbonyl (C=O) groups is 3. The first-order valence-corrected chi connectivity index (χ1v) is 10.0. The van der Waals surface area contributed by atoms with Gasteiger partial charge in [0.05, 0.1) is 7.11 Å². The largest absolute Gasteiger partial charge is 0.497 e. The first-order chi connectivity index (χ1) is 14.7. The van der Waals surface area contributed by atoms with E-state index in [1.165, 1.54) is 13.2 Å². The first kappa shape index (κ1) is 24.0. The van der Waals surface area contributed by atoms with E-state index in [2.05, 4.69) is 10.6 Å². The molecule has 3 N–H and O–H groups in total. The number of carboxylic acid groups (broad SMARTS) is 1. The first-order valence-electron chi connectivity index (χ1n) is 9.66. The molecule has 0 spiro atoms. The van der Waals surface area contributed by atoms with E-state index in [1.54, 1.807) is 48.5 Å². The molecule has 0 aromatic heterocycles. The molecular formula is C23H25ClN2O5. The summed E-state index contributed by atoms with van der Waals surface area (Å²) in [5, 5.41) is 14.9. The molecule has 1 unspecified atom stereocenters. The Morgan fingerprint density at radius 3 is 2.29 bits per heavy atom. The molecule has 0 saturated heterocycles. The molecule has 0 fully saturated rings. The predicted molar refractivity (Wildman–Crippen MR) is 119 cm³/mol. The number of hydrogen-bond donors (Lipinski definition) is 3.